The molecule has 0 bridgehead atoms. The third-order valence-corrected chi connectivity index (χ3v) is 4.92. The van der Waals surface area contributed by atoms with Crippen LogP contribution in [0, 0.1) is 18.3 Å². The Labute approximate surface area is 174 Å². The molecule has 1 aromatic heterocycles. The summed E-state index contributed by atoms with van der Waals surface area (Å²) in [6, 6.07) is 24.8. The Morgan fingerprint density at radius 3 is 2.57 bits per heavy atom. The molecule has 0 saturated heterocycles. The van der Waals surface area contributed by atoms with Crippen LogP contribution in [0.2, 0.25) is 0 Å². The summed E-state index contributed by atoms with van der Waals surface area (Å²) in [4.78, 5) is 17.1. The summed E-state index contributed by atoms with van der Waals surface area (Å²) in [6.07, 6.45) is 1.78. The lowest BCUT2D eigenvalue weighted by Crippen LogP contribution is -2.11. The van der Waals surface area contributed by atoms with Crippen LogP contribution in [0.25, 0.3) is 22.7 Å². The van der Waals surface area contributed by atoms with Crippen LogP contribution in [0.3, 0.4) is 0 Å². The van der Waals surface area contributed by atoms with Gasteiger partial charge in [-0.2, -0.15) is 5.26 Å². The van der Waals surface area contributed by atoms with Gasteiger partial charge in [0.2, 0.25) is 0 Å². The van der Waals surface area contributed by atoms with Crippen molar-refractivity contribution in [2.75, 3.05) is 5.32 Å². The number of aryl methyl sites for hydroxylation is 2. The van der Waals surface area contributed by atoms with E-state index in [0.29, 0.717) is 22.6 Å². The normalized spacial score (nSPS) is 11.3. The van der Waals surface area contributed by atoms with Crippen molar-refractivity contribution in [3.05, 3.63) is 95.3 Å². The zero-order valence-corrected chi connectivity index (χ0v) is 16.8. The number of nitriles is 1. The molecular formula is C25H20N4O. The highest BCUT2D eigenvalue weighted by Gasteiger charge is 2.12. The second-order valence-electron chi connectivity index (χ2n) is 7.10. The van der Waals surface area contributed by atoms with Crippen molar-refractivity contribution < 1.29 is 4.79 Å². The number of nitrogens with zero attached hydrogens (tertiary/aromatic N) is 3. The molecule has 0 fully saturated rings. The molecule has 0 spiro atoms. The molecule has 4 rings (SSSR count). The van der Waals surface area contributed by atoms with Crippen LogP contribution in [0.4, 0.5) is 5.69 Å². The van der Waals surface area contributed by atoms with Crippen molar-refractivity contribution in [1.82, 2.24) is 9.55 Å². The Morgan fingerprint density at radius 2 is 1.83 bits per heavy atom. The summed E-state index contributed by atoms with van der Waals surface area (Å²) in [5.74, 6) is 0.430. The molecule has 0 atom stereocenters. The average Bonchev–Trinajstić information content (AvgIpc) is 3.09. The summed E-state index contributed by atoms with van der Waals surface area (Å²) < 4.78 is 1.91. The van der Waals surface area contributed by atoms with Crippen molar-refractivity contribution in [2.45, 2.75) is 6.92 Å². The van der Waals surface area contributed by atoms with Gasteiger partial charge in [-0.1, -0.05) is 42.0 Å². The van der Waals surface area contributed by atoms with E-state index in [4.69, 9.17) is 0 Å². The van der Waals surface area contributed by atoms with Gasteiger partial charge in [0.15, 0.2) is 5.82 Å². The Hall–Kier alpha value is -4.17. The number of imidazole rings is 1. The van der Waals surface area contributed by atoms with Gasteiger partial charge < -0.3 is 9.88 Å². The van der Waals surface area contributed by atoms with Crippen molar-refractivity contribution >= 4 is 34.3 Å². The van der Waals surface area contributed by atoms with Gasteiger partial charge in [0.05, 0.1) is 16.6 Å². The van der Waals surface area contributed by atoms with Gasteiger partial charge in [0.1, 0.15) is 6.07 Å². The van der Waals surface area contributed by atoms with E-state index in [0.717, 1.165) is 22.2 Å². The number of anilines is 1. The maximum absolute atomic E-state index is 12.5. The van der Waals surface area contributed by atoms with Crippen LogP contribution in [0.15, 0.2) is 72.8 Å². The fraction of sp³-hybridized carbons (Fsp3) is 0.0800. The van der Waals surface area contributed by atoms with Gasteiger partial charge in [-0.3, -0.25) is 4.79 Å². The van der Waals surface area contributed by atoms with Gasteiger partial charge in [-0.25, -0.2) is 4.98 Å². The molecule has 1 amide bonds. The highest BCUT2D eigenvalue weighted by atomic mass is 16.1. The van der Waals surface area contributed by atoms with E-state index in [-0.39, 0.29) is 5.91 Å². The summed E-state index contributed by atoms with van der Waals surface area (Å²) >= 11 is 0. The van der Waals surface area contributed by atoms with Crippen molar-refractivity contribution in [3.8, 4) is 6.07 Å². The maximum atomic E-state index is 12.5. The van der Waals surface area contributed by atoms with Gasteiger partial charge in [-0.15, -0.1) is 0 Å². The fourth-order valence-corrected chi connectivity index (χ4v) is 3.31. The number of amides is 1. The molecule has 0 aliphatic heterocycles. The molecular weight excluding hydrogens is 372 g/mol. The predicted molar refractivity (Wildman–Crippen MR) is 120 cm³/mol. The molecule has 5 nitrogen and oxygen atoms in total. The van der Waals surface area contributed by atoms with Crippen molar-refractivity contribution in [2.24, 2.45) is 7.05 Å². The van der Waals surface area contributed by atoms with E-state index in [1.807, 2.05) is 79.2 Å². The Bertz CT molecular complexity index is 1310. The van der Waals surface area contributed by atoms with E-state index >= 15 is 0 Å². The summed E-state index contributed by atoms with van der Waals surface area (Å²) in [6.45, 7) is 1.98. The van der Waals surface area contributed by atoms with Gasteiger partial charge in [0.25, 0.3) is 5.91 Å². The van der Waals surface area contributed by atoms with Crippen LogP contribution in [0.5, 0.6) is 0 Å². The van der Waals surface area contributed by atoms with E-state index in [1.54, 1.807) is 18.2 Å². The lowest BCUT2D eigenvalue weighted by Gasteiger charge is -2.07. The predicted octanol–water partition coefficient (Wildman–Crippen LogP) is 5.20. The Kier molecular flexibility index (Phi) is 5.15. The molecule has 146 valence electrons. The van der Waals surface area contributed by atoms with Crippen LogP contribution in [-0.2, 0) is 7.05 Å². The first-order chi connectivity index (χ1) is 14.5. The minimum absolute atomic E-state index is 0.174. The molecule has 0 saturated carbocycles. The largest absolute Gasteiger partial charge is 0.327 e. The number of allylic oxidation sites excluding steroid dienone is 1. The second kappa shape index (κ2) is 8.06. The molecule has 1 heterocycles. The number of para-hydroxylation sites is 2. The first-order valence-corrected chi connectivity index (χ1v) is 9.57. The number of carbonyl (C=O) groups excluding carboxylic acids is 1. The molecule has 0 aliphatic rings. The number of benzene rings is 3. The standard InChI is InChI=1S/C25H20N4O/c1-17-10-12-19(13-11-17)25(30)27-21-7-5-6-18(15-21)14-20(16-26)24-28-22-8-3-4-9-23(22)29(24)2/h3-15H,1-2H3,(H,27,30)/b20-14+. The number of hydrogen-bond acceptors (Lipinski definition) is 3. The lowest BCUT2D eigenvalue weighted by atomic mass is 10.1. The van der Waals surface area contributed by atoms with E-state index in [9.17, 15) is 10.1 Å². The van der Waals surface area contributed by atoms with Crippen molar-refractivity contribution in [1.29, 1.82) is 5.26 Å². The van der Waals surface area contributed by atoms with Crippen LogP contribution < -0.4 is 5.32 Å². The number of carbonyl (C=O) groups is 1. The van der Waals surface area contributed by atoms with Crippen LogP contribution >= 0.6 is 0 Å². The van der Waals surface area contributed by atoms with Gasteiger partial charge in [0, 0.05) is 18.3 Å². The SMILES string of the molecule is Cc1ccc(C(=O)Nc2cccc(/C=C(\C#N)c3nc4ccccc4n3C)c2)cc1. The number of hydrogen-bond donors (Lipinski definition) is 1. The smallest absolute Gasteiger partial charge is 0.255 e. The minimum atomic E-state index is -0.174. The molecule has 0 unspecified atom stereocenters. The maximum Gasteiger partial charge on any atom is 0.255 e. The number of fused-ring (bicyclic) bond motifs is 1. The molecule has 4 aromatic rings. The first kappa shape index (κ1) is 19.2. The number of nitrogens with one attached hydrogen (secondary N) is 1. The lowest BCUT2D eigenvalue weighted by molar-refractivity contribution is 0.102. The quantitative estimate of drug-likeness (QED) is 0.485. The summed E-state index contributed by atoms with van der Waals surface area (Å²) in [7, 11) is 1.90. The fourth-order valence-electron chi connectivity index (χ4n) is 3.31. The van der Waals surface area contributed by atoms with E-state index in [2.05, 4.69) is 16.4 Å². The van der Waals surface area contributed by atoms with E-state index in [1.165, 1.54) is 0 Å². The zero-order valence-electron chi connectivity index (χ0n) is 16.8. The minimum Gasteiger partial charge on any atom is -0.327 e. The first-order valence-electron chi connectivity index (χ1n) is 9.57. The Balaban J connectivity index is 1.63. The van der Waals surface area contributed by atoms with E-state index < -0.39 is 0 Å². The van der Waals surface area contributed by atoms with Gasteiger partial charge >= 0.3 is 0 Å². The summed E-state index contributed by atoms with van der Waals surface area (Å²) in [5.41, 5.74) is 5.43. The third-order valence-electron chi connectivity index (χ3n) is 4.92. The molecule has 0 aliphatic carbocycles. The molecule has 1 N–H and O–H groups in total. The molecule has 0 radical (unpaired) electrons. The monoisotopic (exact) mass is 392 g/mol. The van der Waals surface area contributed by atoms with Crippen LogP contribution in [-0.4, -0.2) is 15.5 Å². The average molecular weight is 392 g/mol. The molecule has 30 heavy (non-hydrogen) atoms. The highest BCUT2D eigenvalue weighted by molar-refractivity contribution is 6.04. The Morgan fingerprint density at radius 1 is 1.07 bits per heavy atom. The second-order valence-corrected chi connectivity index (χ2v) is 7.10. The zero-order chi connectivity index (χ0) is 21.1. The third kappa shape index (κ3) is 3.85. The van der Waals surface area contributed by atoms with Crippen molar-refractivity contribution in [3.63, 3.8) is 0 Å². The molecule has 5 heteroatoms. The van der Waals surface area contributed by atoms with Gasteiger partial charge in [-0.05, 0) is 55.0 Å². The number of rotatable bonds is 4. The highest BCUT2D eigenvalue weighted by Crippen LogP contribution is 2.23. The summed E-state index contributed by atoms with van der Waals surface area (Å²) in [5, 5.41) is 12.6. The topological polar surface area (TPSA) is 70.7 Å². The van der Waals surface area contributed by atoms with Crippen LogP contribution in [0.1, 0.15) is 27.3 Å². The number of aromatic nitrogens is 2. The molecule has 3 aromatic carbocycles.